The van der Waals surface area contributed by atoms with Gasteiger partial charge in [-0.1, -0.05) is 19.8 Å². The van der Waals surface area contributed by atoms with Crippen LogP contribution in [0, 0.1) is 0 Å². The maximum absolute atomic E-state index is 12.0. The first kappa shape index (κ1) is 15.9. The van der Waals surface area contributed by atoms with Gasteiger partial charge in [-0.05, 0) is 13.3 Å². The molecule has 2 unspecified atom stereocenters. The van der Waals surface area contributed by atoms with E-state index in [1.807, 2.05) is 0 Å². The number of carboxylic acids is 1. The number of carbonyl (C=O) groups excluding carboxylic acids is 1. The van der Waals surface area contributed by atoms with Crippen LogP contribution in [0.5, 0.6) is 0 Å². The highest BCUT2D eigenvalue weighted by molar-refractivity contribution is 5.82. The maximum atomic E-state index is 12.0. The highest BCUT2D eigenvalue weighted by Gasteiger charge is 2.34. The quantitative estimate of drug-likeness (QED) is 0.570. The summed E-state index contributed by atoms with van der Waals surface area (Å²) < 4.78 is 0. The molecule has 3 N–H and O–H groups in total. The molecule has 6 heteroatoms. The topological polar surface area (TPSA) is 81.7 Å². The lowest BCUT2D eigenvalue weighted by molar-refractivity contribution is -0.146. The lowest BCUT2D eigenvalue weighted by Crippen LogP contribution is -2.60. The van der Waals surface area contributed by atoms with E-state index >= 15 is 0 Å². The van der Waals surface area contributed by atoms with Gasteiger partial charge in [-0.2, -0.15) is 0 Å². The number of carboxylic acid groups (broad SMARTS) is 1. The van der Waals surface area contributed by atoms with E-state index in [4.69, 9.17) is 0 Å². The summed E-state index contributed by atoms with van der Waals surface area (Å²) >= 11 is 0. The second-order valence-electron chi connectivity index (χ2n) is 4.97. The van der Waals surface area contributed by atoms with Crippen LogP contribution >= 0.6 is 0 Å². The van der Waals surface area contributed by atoms with E-state index in [-0.39, 0.29) is 5.91 Å². The predicted molar refractivity (Wildman–Crippen MR) is 73.0 cm³/mol. The molecule has 110 valence electrons. The first-order valence-corrected chi connectivity index (χ1v) is 7.05. The van der Waals surface area contributed by atoms with Gasteiger partial charge < -0.3 is 15.7 Å². The Labute approximate surface area is 114 Å². The molecule has 1 aliphatic heterocycles. The third kappa shape index (κ3) is 4.80. The molecular formula is C13H25N3O3. The van der Waals surface area contributed by atoms with Crippen LogP contribution in [0.3, 0.4) is 0 Å². The molecule has 0 aromatic rings. The zero-order valence-corrected chi connectivity index (χ0v) is 11.8. The molecule has 0 bridgehead atoms. The molecule has 1 heterocycles. The molecule has 0 aromatic heterocycles. The van der Waals surface area contributed by atoms with Crippen LogP contribution in [0.4, 0.5) is 0 Å². The second-order valence-corrected chi connectivity index (χ2v) is 4.97. The SMILES string of the molecule is CCCCCNC(=O)C(C)N1CCNCC1C(=O)O. The van der Waals surface area contributed by atoms with Gasteiger partial charge in [0.2, 0.25) is 5.91 Å². The number of aliphatic carboxylic acids is 1. The van der Waals surface area contributed by atoms with Crippen molar-refractivity contribution < 1.29 is 14.7 Å². The van der Waals surface area contributed by atoms with Gasteiger partial charge in [0.15, 0.2) is 0 Å². The monoisotopic (exact) mass is 271 g/mol. The molecule has 2 atom stereocenters. The van der Waals surface area contributed by atoms with Gasteiger partial charge in [-0.3, -0.25) is 14.5 Å². The molecule has 6 nitrogen and oxygen atoms in total. The van der Waals surface area contributed by atoms with Crippen molar-refractivity contribution in [2.45, 2.75) is 45.2 Å². The number of hydrogen-bond donors (Lipinski definition) is 3. The van der Waals surface area contributed by atoms with E-state index in [1.165, 1.54) is 0 Å². The van der Waals surface area contributed by atoms with E-state index in [1.54, 1.807) is 11.8 Å². The largest absolute Gasteiger partial charge is 0.480 e. The molecule has 0 aliphatic carbocycles. The van der Waals surface area contributed by atoms with E-state index in [0.29, 0.717) is 19.6 Å². The summed E-state index contributed by atoms with van der Waals surface area (Å²) in [6.45, 7) is 6.25. The third-order valence-corrected chi connectivity index (χ3v) is 3.53. The van der Waals surface area contributed by atoms with Gasteiger partial charge in [0.25, 0.3) is 0 Å². The average molecular weight is 271 g/mol. The minimum atomic E-state index is -0.877. The number of amides is 1. The summed E-state index contributed by atoms with van der Waals surface area (Å²) in [5, 5.41) is 15.1. The fourth-order valence-corrected chi connectivity index (χ4v) is 2.30. The lowest BCUT2D eigenvalue weighted by atomic mass is 10.1. The zero-order chi connectivity index (χ0) is 14.3. The second kappa shape index (κ2) is 8.12. The van der Waals surface area contributed by atoms with E-state index in [0.717, 1.165) is 25.8 Å². The fourth-order valence-electron chi connectivity index (χ4n) is 2.30. The van der Waals surface area contributed by atoms with Crippen LogP contribution in [0.15, 0.2) is 0 Å². The minimum Gasteiger partial charge on any atom is -0.480 e. The van der Waals surface area contributed by atoms with Crippen LogP contribution in [-0.4, -0.2) is 60.1 Å². The number of carbonyl (C=O) groups is 2. The van der Waals surface area contributed by atoms with Crippen LogP contribution in [0.1, 0.15) is 33.1 Å². The van der Waals surface area contributed by atoms with E-state index in [2.05, 4.69) is 17.6 Å². The van der Waals surface area contributed by atoms with Crippen molar-refractivity contribution in [2.75, 3.05) is 26.2 Å². The van der Waals surface area contributed by atoms with Gasteiger partial charge in [-0.15, -0.1) is 0 Å². The smallest absolute Gasteiger partial charge is 0.322 e. The van der Waals surface area contributed by atoms with Crippen molar-refractivity contribution in [3.63, 3.8) is 0 Å². The van der Waals surface area contributed by atoms with Crippen molar-refractivity contribution in [3.8, 4) is 0 Å². The molecule has 1 rings (SSSR count). The molecule has 0 spiro atoms. The zero-order valence-electron chi connectivity index (χ0n) is 11.8. The highest BCUT2D eigenvalue weighted by Crippen LogP contribution is 2.09. The predicted octanol–water partition coefficient (Wildman–Crippen LogP) is 0.0397. The molecule has 1 saturated heterocycles. The lowest BCUT2D eigenvalue weighted by Gasteiger charge is -2.37. The number of piperazine rings is 1. The van der Waals surface area contributed by atoms with Crippen molar-refractivity contribution in [1.29, 1.82) is 0 Å². The molecule has 0 aromatic carbocycles. The fraction of sp³-hybridized carbons (Fsp3) is 0.846. The minimum absolute atomic E-state index is 0.0794. The summed E-state index contributed by atoms with van der Waals surface area (Å²) in [5.41, 5.74) is 0. The molecular weight excluding hydrogens is 246 g/mol. The summed E-state index contributed by atoms with van der Waals surface area (Å²) in [5.74, 6) is -0.956. The van der Waals surface area contributed by atoms with Gasteiger partial charge >= 0.3 is 5.97 Å². The number of nitrogens with one attached hydrogen (secondary N) is 2. The van der Waals surface area contributed by atoms with Crippen LogP contribution in [-0.2, 0) is 9.59 Å². The standard InChI is InChI=1S/C13H25N3O3/c1-3-4-5-6-15-12(17)10(2)16-8-7-14-9-11(16)13(18)19/h10-11,14H,3-9H2,1-2H3,(H,15,17)(H,18,19). The number of rotatable bonds is 7. The van der Waals surface area contributed by atoms with E-state index in [9.17, 15) is 14.7 Å². The first-order chi connectivity index (χ1) is 9.07. The first-order valence-electron chi connectivity index (χ1n) is 7.05. The van der Waals surface area contributed by atoms with Gasteiger partial charge in [0.05, 0.1) is 6.04 Å². The highest BCUT2D eigenvalue weighted by atomic mass is 16.4. The Hall–Kier alpha value is -1.14. The van der Waals surface area contributed by atoms with Crippen LogP contribution in [0.2, 0.25) is 0 Å². The Morgan fingerprint density at radius 2 is 2.21 bits per heavy atom. The number of hydrogen-bond acceptors (Lipinski definition) is 4. The Kier molecular flexibility index (Phi) is 6.80. The van der Waals surface area contributed by atoms with Gasteiger partial charge in [-0.25, -0.2) is 0 Å². The number of nitrogens with zero attached hydrogens (tertiary/aromatic N) is 1. The Bertz CT molecular complexity index is 310. The Balaban J connectivity index is 2.46. The van der Waals surface area contributed by atoms with Crippen molar-refractivity contribution in [1.82, 2.24) is 15.5 Å². The van der Waals surface area contributed by atoms with Crippen LogP contribution in [0.25, 0.3) is 0 Å². The van der Waals surface area contributed by atoms with Crippen molar-refractivity contribution in [2.24, 2.45) is 0 Å². The van der Waals surface area contributed by atoms with Gasteiger partial charge in [0.1, 0.15) is 6.04 Å². The van der Waals surface area contributed by atoms with E-state index < -0.39 is 18.1 Å². The maximum Gasteiger partial charge on any atom is 0.322 e. The molecule has 0 saturated carbocycles. The summed E-state index contributed by atoms with van der Waals surface area (Å²) in [6.07, 6.45) is 3.18. The summed E-state index contributed by atoms with van der Waals surface area (Å²) in [4.78, 5) is 24.9. The van der Waals surface area contributed by atoms with Crippen LogP contribution < -0.4 is 10.6 Å². The average Bonchev–Trinajstić information content (AvgIpc) is 2.42. The molecule has 1 fully saturated rings. The summed E-state index contributed by atoms with van der Waals surface area (Å²) in [7, 11) is 0. The van der Waals surface area contributed by atoms with Crippen molar-refractivity contribution >= 4 is 11.9 Å². The molecule has 0 radical (unpaired) electrons. The Morgan fingerprint density at radius 1 is 1.47 bits per heavy atom. The summed E-state index contributed by atoms with van der Waals surface area (Å²) in [6, 6.07) is -1.02. The number of unbranched alkanes of at least 4 members (excludes halogenated alkanes) is 2. The third-order valence-electron chi connectivity index (χ3n) is 3.53. The van der Waals surface area contributed by atoms with Crippen molar-refractivity contribution in [3.05, 3.63) is 0 Å². The molecule has 1 aliphatic rings. The van der Waals surface area contributed by atoms with Gasteiger partial charge in [0, 0.05) is 26.2 Å². The normalized spacial score (nSPS) is 21.9. The molecule has 19 heavy (non-hydrogen) atoms. The molecule has 1 amide bonds. The Morgan fingerprint density at radius 3 is 2.84 bits per heavy atom.